The van der Waals surface area contributed by atoms with Crippen molar-refractivity contribution in [2.45, 2.75) is 25.2 Å². The van der Waals surface area contributed by atoms with Crippen LogP contribution >= 0.6 is 12.2 Å². The molecule has 0 fully saturated rings. The zero-order valence-corrected chi connectivity index (χ0v) is 11.3. The number of thiocarbonyl (C=S) groups is 1. The molecule has 0 spiro atoms. The number of alkyl halides is 6. The summed E-state index contributed by atoms with van der Waals surface area (Å²) in [7, 11) is 0. The summed E-state index contributed by atoms with van der Waals surface area (Å²) in [6, 6.07) is 2.92. The van der Waals surface area contributed by atoms with Gasteiger partial charge in [0.15, 0.2) is 0 Å². The summed E-state index contributed by atoms with van der Waals surface area (Å²) < 4.78 is 79.1. The van der Waals surface area contributed by atoms with E-state index in [1.165, 1.54) is 6.07 Å². The van der Waals surface area contributed by atoms with Crippen molar-refractivity contribution in [1.82, 2.24) is 0 Å². The van der Waals surface area contributed by atoms with Gasteiger partial charge in [-0.2, -0.15) is 26.3 Å². The Kier molecular flexibility index (Phi) is 5.43. The second kappa shape index (κ2) is 6.50. The average Bonchev–Trinajstić information content (AvgIpc) is 2.32. The lowest BCUT2D eigenvalue weighted by Gasteiger charge is -2.15. The van der Waals surface area contributed by atoms with Crippen molar-refractivity contribution < 1.29 is 31.1 Å². The molecule has 0 saturated carbocycles. The maximum Gasteiger partial charge on any atom is 0.419 e. The van der Waals surface area contributed by atoms with Crippen LogP contribution in [0.15, 0.2) is 18.2 Å². The van der Waals surface area contributed by atoms with E-state index in [1.807, 2.05) is 0 Å². The SMILES string of the molecule is NC(=S)c1ccc(OCCCC(F)(F)F)c(C(F)(F)F)c1. The Balaban J connectivity index is 2.84. The number of hydrogen-bond acceptors (Lipinski definition) is 2. The molecule has 2 nitrogen and oxygen atoms in total. The van der Waals surface area contributed by atoms with E-state index in [9.17, 15) is 26.3 Å². The fraction of sp³-hybridized carbons (Fsp3) is 0.417. The molecule has 1 aromatic rings. The number of ether oxygens (including phenoxy) is 1. The summed E-state index contributed by atoms with van der Waals surface area (Å²) in [5.74, 6) is -0.551. The van der Waals surface area contributed by atoms with E-state index in [4.69, 9.17) is 10.5 Å². The molecular weight excluding hydrogens is 320 g/mol. The van der Waals surface area contributed by atoms with Crippen LogP contribution in [-0.4, -0.2) is 17.8 Å². The van der Waals surface area contributed by atoms with Gasteiger partial charge in [-0.1, -0.05) is 12.2 Å². The Morgan fingerprint density at radius 1 is 1.14 bits per heavy atom. The smallest absolute Gasteiger partial charge is 0.419 e. The predicted molar refractivity (Wildman–Crippen MR) is 68.1 cm³/mol. The number of halogens is 6. The van der Waals surface area contributed by atoms with E-state index < -0.39 is 43.1 Å². The molecule has 0 aromatic heterocycles. The van der Waals surface area contributed by atoms with Gasteiger partial charge in [-0.3, -0.25) is 0 Å². The van der Waals surface area contributed by atoms with Crippen LogP contribution in [-0.2, 0) is 6.18 Å². The van der Waals surface area contributed by atoms with Crippen LogP contribution in [0.2, 0.25) is 0 Å². The quantitative estimate of drug-likeness (QED) is 0.502. The van der Waals surface area contributed by atoms with Gasteiger partial charge < -0.3 is 10.5 Å². The third-order valence-corrected chi connectivity index (χ3v) is 2.67. The van der Waals surface area contributed by atoms with Crippen LogP contribution < -0.4 is 10.5 Å². The maximum atomic E-state index is 12.8. The first-order chi connectivity index (χ1) is 9.50. The van der Waals surface area contributed by atoms with Crippen molar-refractivity contribution in [2.75, 3.05) is 6.61 Å². The lowest BCUT2D eigenvalue weighted by atomic mass is 10.1. The Morgan fingerprint density at radius 2 is 1.76 bits per heavy atom. The number of nitrogens with two attached hydrogens (primary N) is 1. The number of rotatable bonds is 5. The number of benzene rings is 1. The van der Waals surface area contributed by atoms with Crippen LogP contribution in [0.3, 0.4) is 0 Å². The van der Waals surface area contributed by atoms with Crippen LogP contribution in [0.5, 0.6) is 5.75 Å². The van der Waals surface area contributed by atoms with Crippen molar-refractivity contribution in [3.05, 3.63) is 29.3 Å². The summed E-state index contributed by atoms with van der Waals surface area (Å²) >= 11 is 4.58. The third kappa shape index (κ3) is 5.78. The summed E-state index contributed by atoms with van der Waals surface area (Å²) in [5, 5.41) is 0. The van der Waals surface area contributed by atoms with Crippen LogP contribution in [0.1, 0.15) is 24.0 Å². The van der Waals surface area contributed by atoms with E-state index >= 15 is 0 Å². The molecule has 0 unspecified atom stereocenters. The average molecular weight is 331 g/mol. The Bertz CT molecular complexity index is 511. The zero-order chi connectivity index (χ0) is 16.3. The normalized spacial score (nSPS) is 12.3. The van der Waals surface area contributed by atoms with Gasteiger partial charge in [0.05, 0.1) is 12.2 Å². The van der Waals surface area contributed by atoms with Crippen molar-refractivity contribution in [2.24, 2.45) is 5.73 Å². The van der Waals surface area contributed by atoms with Crippen molar-refractivity contribution in [3.8, 4) is 5.75 Å². The molecule has 0 radical (unpaired) electrons. The second-order valence-electron chi connectivity index (χ2n) is 4.14. The summed E-state index contributed by atoms with van der Waals surface area (Å²) in [6.45, 7) is -0.477. The summed E-state index contributed by atoms with van der Waals surface area (Å²) in [4.78, 5) is -0.218. The zero-order valence-electron chi connectivity index (χ0n) is 10.5. The van der Waals surface area contributed by atoms with Crippen LogP contribution in [0.25, 0.3) is 0 Å². The van der Waals surface area contributed by atoms with Gasteiger partial charge >= 0.3 is 12.4 Å². The monoisotopic (exact) mass is 331 g/mol. The fourth-order valence-electron chi connectivity index (χ4n) is 1.49. The molecule has 2 N–H and O–H groups in total. The van der Waals surface area contributed by atoms with E-state index in [1.54, 1.807) is 0 Å². The summed E-state index contributed by atoms with van der Waals surface area (Å²) in [5.41, 5.74) is 4.12. The highest BCUT2D eigenvalue weighted by Gasteiger charge is 2.35. The Morgan fingerprint density at radius 3 is 2.24 bits per heavy atom. The molecule has 0 aliphatic carbocycles. The molecular formula is C12H11F6NOS. The third-order valence-electron chi connectivity index (χ3n) is 2.43. The fourth-order valence-corrected chi connectivity index (χ4v) is 1.61. The second-order valence-corrected chi connectivity index (χ2v) is 4.58. The van der Waals surface area contributed by atoms with Crippen LogP contribution in [0.4, 0.5) is 26.3 Å². The lowest BCUT2D eigenvalue weighted by molar-refractivity contribution is -0.141. The van der Waals surface area contributed by atoms with E-state index in [0.717, 1.165) is 6.07 Å². The first-order valence-electron chi connectivity index (χ1n) is 5.71. The van der Waals surface area contributed by atoms with Gasteiger partial charge in [0.1, 0.15) is 10.7 Å². The summed E-state index contributed by atoms with van der Waals surface area (Å²) in [6.07, 6.45) is -10.6. The molecule has 0 aliphatic heterocycles. The molecule has 0 saturated heterocycles. The lowest BCUT2D eigenvalue weighted by Crippen LogP contribution is -2.15. The van der Waals surface area contributed by atoms with Gasteiger partial charge in [-0.05, 0) is 24.6 Å². The standard InChI is InChI=1S/C12H11F6NOS/c13-11(14,15)4-1-5-20-9-3-2-7(10(19)21)6-8(9)12(16,17)18/h2-3,6H,1,4-5H2,(H2,19,21). The van der Waals surface area contributed by atoms with E-state index in [-0.39, 0.29) is 10.6 Å². The highest BCUT2D eigenvalue weighted by molar-refractivity contribution is 7.80. The minimum atomic E-state index is -4.72. The van der Waals surface area contributed by atoms with Crippen molar-refractivity contribution >= 4 is 17.2 Å². The van der Waals surface area contributed by atoms with Gasteiger partial charge in [0, 0.05) is 12.0 Å². The largest absolute Gasteiger partial charge is 0.493 e. The maximum absolute atomic E-state index is 12.8. The molecule has 9 heteroatoms. The minimum Gasteiger partial charge on any atom is -0.493 e. The first kappa shape index (κ1) is 17.5. The number of hydrogen-bond donors (Lipinski definition) is 1. The van der Waals surface area contributed by atoms with Gasteiger partial charge in [-0.15, -0.1) is 0 Å². The highest BCUT2D eigenvalue weighted by atomic mass is 32.1. The topological polar surface area (TPSA) is 35.2 Å². The Hall–Kier alpha value is -1.51. The molecule has 0 aliphatic rings. The molecule has 0 heterocycles. The van der Waals surface area contributed by atoms with Crippen LogP contribution in [0, 0.1) is 0 Å². The van der Waals surface area contributed by atoms with Crippen molar-refractivity contribution in [1.29, 1.82) is 0 Å². The molecule has 21 heavy (non-hydrogen) atoms. The van der Waals surface area contributed by atoms with Crippen molar-refractivity contribution in [3.63, 3.8) is 0 Å². The molecule has 0 atom stereocenters. The minimum absolute atomic E-state index is 0.0000310. The predicted octanol–water partition coefficient (Wildman–Crippen LogP) is 4.06. The van der Waals surface area contributed by atoms with E-state index in [2.05, 4.69) is 12.2 Å². The molecule has 1 aromatic carbocycles. The van der Waals surface area contributed by atoms with Gasteiger partial charge in [0.2, 0.25) is 0 Å². The Labute approximate surface area is 121 Å². The first-order valence-corrected chi connectivity index (χ1v) is 6.12. The van der Waals surface area contributed by atoms with Gasteiger partial charge in [-0.25, -0.2) is 0 Å². The highest BCUT2D eigenvalue weighted by Crippen LogP contribution is 2.37. The molecule has 0 amide bonds. The molecule has 118 valence electrons. The van der Waals surface area contributed by atoms with E-state index in [0.29, 0.717) is 6.07 Å². The van der Waals surface area contributed by atoms with Gasteiger partial charge in [0.25, 0.3) is 0 Å². The molecule has 1 rings (SSSR count). The molecule has 0 bridgehead atoms.